The summed E-state index contributed by atoms with van der Waals surface area (Å²) < 4.78 is 5.34. The molecule has 2 rings (SSSR count). The van der Waals surface area contributed by atoms with Gasteiger partial charge in [0, 0.05) is 12.1 Å². The van der Waals surface area contributed by atoms with E-state index in [1.54, 1.807) is 6.07 Å². The Morgan fingerprint density at radius 3 is 2.32 bits per heavy atom. The molecule has 0 aliphatic carbocycles. The average molecular weight is 299 g/mol. The van der Waals surface area contributed by atoms with Crippen LogP contribution in [0, 0.1) is 17.0 Å². The van der Waals surface area contributed by atoms with Crippen LogP contribution in [0.15, 0.2) is 42.5 Å². The van der Waals surface area contributed by atoms with Crippen LogP contribution in [0.25, 0.3) is 0 Å². The molecule has 0 aliphatic heterocycles. The summed E-state index contributed by atoms with van der Waals surface area (Å²) in [6.45, 7) is 6.16. The van der Waals surface area contributed by atoms with Gasteiger partial charge in [-0.15, -0.1) is 0 Å². The van der Waals surface area contributed by atoms with Crippen molar-refractivity contribution in [2.45, 2.75) is 26.7 Å². The maximum atomic E-state index is 12.1. The predicted octanol–water partition coefficient (Wildman–Crippen LogP) is 4.25. The van der Waals surface area contributed by atoms with Crippen molar-refractivity contribution in [3.63, 3.8) is 0 Å². The van der Waals surface area contributed by atoms with Gasteiger partial charge in [-0.3, -0.25) is 10.1 Å². The van der Waals surface area contributed by atoms with Gasteiger partial charge in [-0.2, -0.15) is 0 Å². The summed E-state index contributed by atoms with van der Waals surface area (Å²) in [6, 6.07) is 10.8. The fourth-order valence-corrected chi connectivity index (χ4v) is 2.19. The molecule has 0 atom stereocenters. The fraction of sp³-hybridized carbons (Fsp3) is 0.235. The standard InChI is InChI=1S/C17H17NO4/c1-11(2)16-10-15(9-4-12(16)3)22-17(19)13-5-7-14(8-6-13)18(20)21/h4-11H,1-3H3. The number of carbonyl (C=O) groups is 1. The molecule has 0 unspecified atom stereocenters. The van der Waals surface area contributed by atoms with Gasteiger partial charge in [0.05, 0.1) is 10.5 Å². The molecular weight excluding hydrogens is 282 g/mol. The molecule has 0 radical (unpaired) electrons. The summed E-state index contributed by atoms with van der Waals surface area (Å²) in [6.07, 6.45) is 0. The highest BCUT2D eigenvalue weighted by Gasteiger charge is 2.13. The number of esters is 1. The lowest BCUT2D eigenvalue weighted by Gasteiger charge is -2.12. The van der Waals surface area contributed by atoms with Crippen LogP contribution in [0.5, 0.6) is 5.75 Å². The van der Waals surface area contributed by atoms with E-state index in [2.05, 4.69) is 13.8 Å². The molecule has 0 aromatic heterocycles. The quantitative estimate of drug-likeness (QED) is 0.366. The van der Waals surface area contributed by atoms with Gasteiger partial charge < -0.3 is 4.74 Å². The molecule has 0 fully saturated rings. The summed E-state index contributed by atoms with van der Waals surface area (Å²) >= 11 is 0. The van der Waals surface area contributed by atoms with Gasteiger partial charge in [0.2, 0.25) is 0 Å². The maximum Gasteiger partial charge on any atom is 0.343 e. The molecular formula is C17H17NO4. The Bertz CT molecular complexity index is 705. The molecule has 0 saturated carbocycles. The highest BCUT2D eigenvalue weighted by Crippen LogP contribution is 2.25. The van der Waals surface area contributed by atoms with Gasteiger partial charge in [-0.25, -0.2) is 4.79 Å². The summed E-state index contributed by atoms with van der Waals surface area (Å²) in [5.74, 6) is 0.268. The summed E-state index contributed by atoms with van der Waals surface area (Å²) in [5, 5.41) is 10.6. The van der Waals surface area contributed by atoms with Gasteiger partial charge >= 0.3 is 5.97 Å². The van der Waals surface area contributed by atoms with Gasteiger partial charge in [0.1, 0.15) is 5.75 Å². The lowest BCUT2D eigenvalue weighted by Crippen LogP contribution is -2.09. The predicted molar refractivity (Wildman–Crippen MR) is 83.3 cm³/mol. The Hall–Kier alpha value is -2.69. The smallest absolute Gasteiger partial charge is 0.343 e. The van der Waals surface area contributed by atoms with Crippen LogP contribution < -0.4 is 4.74 Å². The third-order valence-electron chi connectivity index (χ3n) is 3.40. The third-order valence-corrected chi connectivity index (χ3v) is 3.40. The molecule has 0 saturated heterocycles. The van der Waals surface area contributed by atoms with Gasteiger partial charge in [-0.05, 0) is 48.2 Å². The van der Waals surface area contributed by atoms with Gasteiger partial charge in [0.15, 0.2) is 0 Å². The first-order valence-corrected chi connectivity index (χ1v) is 6.95. The second-order valence-corrected chi connectivity index (χ2v) is 5.37. The molecule has 0 spiro atoms. The molecule has 0 heterocycles. The number of hydrogen-bond acceptors (Lipinski definition) is 4. The number of benzene rings is 2. The topological polar surface area (TPSA) is 69.4 Å². The van der Waals surface area contributed by atoms with E-state index in [4.69, 9.17) is 4.74 Å². The van der Waals surface area contributed by atoms with Crippen molar-refractivity contribution in [3.05, 3.63) is 69.3 Å². The molecule has 2 aromatic carbocycles. The largest absolute Gasteiger partial charge is 0.423 e. The van der Waals surface area contributed by atoms with Gasteiger partial charge in [-0.1, -0.05) is 19.9 Å². The normalized spacial score (nSPS) is 10.5. The zero-order valence-corrected chi connectivity index (χ0v) is 12.7. The van der Waals surface area contributed by atoms with Crippen molar-refractivity contribution >= 4 is 11.7 Å². The minimum absolute atomic E-state index is 0.0611. The molecule has 0 aliphatic rings. The van der Waals surface area contributed by atoms with Crippen LogP contribution in [0.1, 0.15) is 41.3 Å². The zero-order chi connectivity index (χ0) is 16.3. The van der Waals surface area contributed by atoms with Crippen LogP contribution in [-0.4, -0.2) is 10.9 Å². The summed E-state index contributed by atoms with van der Waals surface area (Å²) in [7, 11) is 0. The van der Waals surface area contributed by atoms with Crippen LogP contribution in [0.4, 0.5) is 5.69 Å². The lowest BCUT2D eigenvalue weighted by atomic mass is 9.98. The Kier molecular flexibility index (Phi) is 4.56. The van der Waals surface area contributed by atoms with Crippen molar-refractivity contribution < 1.29 is 14.5 Å². The minimum Gasteiger partial charge on any atom is -0.423 e. The highest BCUT2D eigenvalue weighted by atomic mass is 16.6. The van der Waals surface area contributed by atoms with Crippen molar-refractivity contribution in [1.82, 2.24) is 0 Å². The zero-order valence-electron chi connectivity index (χ0n) is 12.7. The fourth-order valence-electron chi connectivity index (χ4n) is 2.19. The second-order valence-electron chi connectivity index (χ2n) is 5.37. The number of hydrogen-bond donors (Lipinski definition) is 0. The van der Waals surface area contributed by atoms with E-state index in [9.17, 15) is 14.9 Å². The molecule has 0 amide bonds. The number of nitrogens with zero attached hydrogens (tertiary/aromatic N) is 1. The van der Waals surface area contributed by atoms with Gasteiger partial charge in [0.25, 0.3) is 5.69 Å². The second kappa shape index (κ2) is 6.39. The van der Waals surface area contributed by atoms with E-state index in [0.29, 0.717) is 11.7 Å². The molecule has 5 nitrogen and oxygen atoms in total. The average Bonchev–Trinajstić information content (AvgIpc) is 2.49. The summed E-state index contributed by atoms with van der Waals surface area (Å²) in [4.78, 5) is 22.2. The van der Waals surface area contributed by atoms with E-state index in [-0.39, 0.29) is 11.3 Å². The Morgan fingerprint density at radius 2 is 1.77 bits per heavy atom. The SMILES string of the molecule is Cc1ccc(OC(=O)c2ccc([N+](=O)[O-])cc2)cc1C(C)C. The summed E-state index contributed by atoms with van der Waals surface area (Å²) in [5.41, 5.74) is 2.48. The first-order valence-electron chi connectivity index (χ1n) is 6.95. The van der Waals surface area contributed by atoms with E-state index in [0.717, 1.165) is 11.1 Å². The van der Waals surface area contributed by atoms with Crippen LogP contribution in [-0.2, 0) is 0 Å². The molecule has 0 N–H and O–H groups in total. The van der Waals surface area contributed by atoms with Crippen molar-refractivity contribution in [1.29, 1.82) is 0 Å². The monoisotopic (exact) mass is 299 g/mol. The van der Waals surface area contributed by atoms with Crippen LogP contribution in [0.3, 0.4) is 0 Å². The van der Waals surface area contributed by atoms with Crippen molar-refractivity contribution in [3.8, 4) is 5.75 Å². The number of non-ortho nitro benzene ring substituents is 1. The number of rotatable bonds is 4. The number of aryl methyl sites for hydroxylation is 1. The van der Waals surface area contributed by atoms with E-state index >= 15 is 0 Å². The molecule has 22 heavy (non-hydrogen) atoms. The van der Waals surface area contributed by atoms with Crippen molar-refractivity contribution in [2.75, 3.05) is 0 Å². The minimum atomic E-state index is -0.534. The van der Waals surface area contributed by atoms with Crippen LogP contribution >= 0.6 is 0 Å². The Balaban J connectivity index is 2.18. The van der Waals surface area contributed by atoms with E-state index < -0.39 is 10.9 Å². The van der Waals surface area contributed by atoms with Crippen molar-refractivity contribution in [2.24, 2.45) is 0 Å². The molecule has 0 bridgehead atoms. The number of nitro benzene ring substituents is 1. The molecule has 5 heteroatoms. The Morgan fingerprint density at radius 1 is 1.14 bits per heavy atom. The highest BCUT2D eigenvalue weighted by molar-refractivity contribution is 5.91. The first-order chi connectivity index (χ1) is 10.4. The molecule has 114 valence electrons. The molecule has 2 aromatic rings. The number of ether oxygens (including phenoxy) is 1. The van der Waals surface area contributed by atoms with E-state index in [1.165, 1.54) is 24.3 Å². The Labute approximate surface area is 128 Å². The third kappa shape index (κ3) is 3.49. The first kappa shape index (κ1) is 15.7. The maximum absolute atomic E-state index is 12.1. The van der Waals surface area contributed by atoms with Crippen LogP contribution in [0.2, 0.25) is 0 Å². The number of carbonyl (C=O) groups excluding carboxylic acids is 1. The number of nitro groups is 1. The lowest BCUT2D eigenvalue weighted by molar-refractivity contribution is -0.384. The van der Waals surface area contributed by atoms with E-state index in [1.807, 2.05) is 19.1 Å².